The van der Waals surface area contributed by atoms with E-state index in [0.29, 0.717) is 25.3 Å². The van der Waals surface area contributed by atoms with Gasteiger partial charge in [-0.2, -0.15) is 0 Å². The van der Waals surface area contributed by atoms with Gasteiger partial charge in [-0.05, 0) is 48.3 Å². The van der Waals surface area contributed by atoms with Crippen LogP contribution < -0.4 is 5.32 Å². The standard InChI is InChI=1S/C21H35NO2/c1-7-21(8-2,19(23)24)15-22-14-16(3)13-17-9-11-18(12-10-17)20(4,5)6/h9-12,16,22H,7-8,13-15H2,1-6H3,(H,23,24). The number of nitrogens with one attached hydrogen (secondary N) is 1. The number of rotatable bonds is 9. The predicted octanol–water partition coefficient (Wildman–Crippen LogP) is 4.64. The zero-order valence-corrected chi connectivity index (χ0v) is 16.3. The summed E-state index contributed by atoms with van der Waals surface area (Å²) in [5, 5.41) is 12.9. The molecule has 136 valence electrons. The summed E-state index contributed by atoms with van der Waals surface area (Å²) >= 11 is 0. The van der Waals surface area contributed by atoms with Crippen molar-refractivity contribution in [3.8, 4) is 0 Å². The number of benzene rings is 1. The highest BCUT2D eigenvalue weighted by molar-refractivity contribution is 5.74. The van der Waals surface area contributed by atoms with Gasteiger partial charge < -0.3 is 10.4 Å². The van der Waals surface area contributed by atoms with E-state index in [0.717, 1.165) is 13.0 Å². The summed E-state index contributed by atoms with van der Waals surface area (Å²) in [7, 11) is 0. The summed E-state index contributed by atoms with van der Waals surface area (Å²) in [6.45, 7) is 14.2. The molecule has 1 unspecified atom stereocenters. The minimum absolute atomic E-state index is 0.187. The van der Waals surface area contributed by atoms with Crippen molar-refractivity contribution in [3.63, 3.8) is 0 Å². The topological polar surface area (TPSA) is 49.3 Å². The molecule has 0 amide bonds. The Balaban J connectivity index is 2.52. The van der Waals surface area contributed by atoms with Crippen LogP contribution in [0.2, 0.25) is 0 Å². The third kappa shape index (κ3) is 5.62. The molecule has 0 saturated heterocycles. The second kappa shape index (κ2) is 8.66. The SMILES string of the molecule is CCC(CC)(CNCC(C)Cc1ccc(C(C)(C)C)cc1)C(=O)O. The van der Waals surface area contributed by atoms with Crippen LogP contribution in [0, 0.1) is 11.3 Å². The Morgan fingerprint density at radius 1 is 1.12 bits per heavy atom. The monoisotopic (exact) mass is 333 g/mol. The molecule has 0 aromatic heterocycles. The Bertz CT molecular complexity index is 510. The van der Waals surface area contributed by atoms with Crippen molar-refractivity contribution in [1.29, 1.82) is 0 Å². The van der Waals surface area contributed by atoms with Crippen molar-refractivity contribution in [2.75, 3.05) is 13.1 Å². The van der Waals surface area contributed by atoms with Crippen LogP contribution in [0.4, 0.5) is 0 Å². The van der Waals surface area contributed by atoms with E-state index in [1.807, 2.05) is 13.8 Å². The van der Waals surface area contributed by atoms with Crippen molar-refractivity contribution < 1.29 is 9.90 Å². The first-order chi connectivity index (χ1) is 11.1. The zero-order chi connectivity index (χ0) is 18.4. The lowest BCUT2D eigenvalue weighted by Gasteiger charge is -2.27. The van der Waals surface area contributed by atoms with Crippen molar-refractivity contribution in [2.45, 2.75) is 66.2 Å². The molecule has 2 N–H and O–H groups in total. The Morgan fingerprint density at radius 2 is 1.67 bits per heavy atom. The van der Waals surface area contributed by atoms with Crippen LogP contribution in [0.1, 0.15) is 65.5 Å². The van der Waals surface area contributed by atoms with E-state index in [9.17, 15) is 9.90 Å². The van der Waals surface area contributed by atoms with Crippen LogP contribution in [0.5, 0.6) is 0 Å². The molecule has 0 aliphatic carbocycles. The molecule has 1 rings (SSSR count). The van der Waals surface area contributed by atoms with Gasteiger partial charge in [0.25, 0.3) is 0 Å². The maximum atomic E-state index is 11.5. The summed E-state index contributed by atoms with van der Waals surface area (Å²) < 4.78 is 0. The number of carbonyl (C=O) groups is 1. The number of carboxylic acids is 1. The molecular formula is C21H35NO2. The summed E-state index contributed by atoms with van der Waals surface area (Å²) in [6.07, 6.45) is 2.33. The molecule has 0 radical (unpaired) electrons. The van der Waals surface area contributed by atoms with Crippen molar-refractivity contribution in [2.24, 2.45) is 11.3 Å². The second-order valence-electron chi connectivity index (χ2n) is 8.18. The molecule has 0 aliphatic rings. The molecule has 0 aliphatic heterocycles. The van der Waals surface area contributed by atoms with Crippen molar-refractivity contribution in [3.05, 3.63) is 35.4 Å². The third-order valence-electron chi connectivity index (χ3n) is 5.17. The average Bonchev–Trinajstić information content (AvgIpc) is 2.51. The highest BCUT2D eigenvalue weighted by Crippen LogP contribution is 2.26. The number of hydrogen-bond donors (Lipinski definition) is 2. The van der Waals surface area contributed by atoms with Gasteiger partial charge in [0.05, 0.1) is 5.41 Å². The molecule has 1 aromatic carbocycles. The van der Waals surface area contributed by atoms with Gasteiger partial charge in [0.2, 0.25) is 0 Å². The van der Waals surface area contributed by atoms with Gasteiger partial charge in [0.15, 0.2) is 0 Å². The third-order valence-corrected chi connectivity index (χ3v) is 5.17. The Kier molecular flexibility index (Phi) is 7.47. The molecule has 1 aromatic rings. The number of carboxylic acid groups (broad SMARTS) is 1. The van der Waals surface area contributed by atoms with Gasteiger partial charge in [-0.3, -0.25) is 4.79 Å². The van der Waals surface area contributed by atoms with Gasteiger partial charge >= 0.3 is 5.97 Å². The van der Waals surface area contributed by atoms with Gasteiger partial charge in [-0.1, -0.05) is 65.8 Å². The molecule has 0 saturated carbocycles. The Hall–Kier alpha value is -1.35. The van der Waals surface area contributed by atoms with Crippen LogP contribution in [0.3, 0.4) is 0 Å². The minimum atomic E-state index is -0.689. The van der Waals surface area contributed by atoms with Crippen LogP contribution in [-0.4, -0.2) is 24.2 Å². The summed E-state index contributed by atoms with van der Waals surface area (Å²) in [5.41, 5.74) is 2.25. The van der Waals surface area contributed by atoms with Crippen LogP contribution in [-0.2, 0) is 16.6 Å². The fourth-order valence-corrected chi connectivity index (χ4v) is 3.05. The lowest BCUT2D eigenvalue weighted by atomic mass is 9.82. The zero-order valence-electron chi connectivity index (χ0n) is 16.3. The van der Waals surface area contributed by atoms with Gasteiger partial charge in [0, 0.05) is 6.54 Å². The average molecular weight is 334 g/mol. The van der Waals surface area contributed by atoms with Crippen LogP contribution in [0.25, 0.3) is 0 Å². The van der Waals surface area contributed by atoms with Gasteiger partial charge in [-0.25, -0.2) is 0 Å². The predicted molar refractivity (Wildman–Crippen MR) is 102 cm³/mol. The van der Waals surface area contributed by atoms with Crippen molar-refractivity contribution in [1.82, 2.24) is 5.32 Å². The van der Waals surface area contributed by atoms with E-state index in [-0.39, 0.29) is 5.41 Å². The molecule has 3 heteroatoms. The van der Waals surface area contributed by atoms with Crippen molar-refractivity contribution >= 4 is 5.97 Å². The van der Waals surface area contributed by atoms with E-state index in [1.165, 1.54) is 11.1 Å². The summed E-state index contributed by atoms with van der Waals surface area (Å²) in [6, 6.07) is 8.88. The highest BCUT2D eigenvalue weighted by atomic mass is 16.4. The minimum Gasteiger partial charge on any atom is -0.481 e. The normalized spacial score (nSPS) is 13.8. The molecule has 0 heterocycles. The van der Waals surface area contributed by atoms with E-state index in [4.69, 9.17) is 0 Å². The molecular weight excluding hydrogens is 298 g/mol. The fourth-order valence-electron chi connectivity index (χ4n) is 3.05. The van der Waals surface area contributed by atoms with E-state index < -0.39 is 11.4 Å². The first-order valence-corrected chi connectivity index (χ1v) is 9.18. The number of aliphatic carboxylic acids is 1. The lowest BCUT2D eigenvalue weighted by Crippen LogP contribution is -2.41. The fraction of sp³-hybridized carbons (Fsp3) is 0.667. The van der Waals surface area contributed by atoms with E-state index >= 15 is 0 Å². The van der Waals surface area contributed by atoms with Gasteiger partial charge in [-0.15, -0.1) is 0 Å². The second-order valence-corrected chi connectivity index (χ2v) is 8.18. The van der Waals surface area contributed by atoms with Crippen LogP contribution in [0.15, 0.2) is 24.3 Å². The summed E-state index contributed by atoms with van der Waals surface area (Å²) in [5.74, 6) is -0.212. The molecule has 24 heavy (non-hydrogen) atoms. The quantitative estimate of drug-likeness (QED) is 0.692. The molecule has 3 nitrogen and oxygen atoms in total. The maximum Gasteiger partial charge on any atom is 0.310 e. The maximum absolute atomic E-state index is 11.5. The van der Waals surface area contributed by atoms with Crippen LogP contribution >= 0.6 is 0 Å². The number of hydrogen-bond acceptors (Lipinski definition) is 2. The Labute approximate surface area is 147 Å². The van der Waals surface area contributed by atoms with E-state index in [1.54, 1.807) is 0 Å². The smallest absolute Gasteiger partial charge is 0.310 e. The molecule has 0 fully saturated rings. The molecule has 0 spiro atoms. The van der Waals surface area contributed by atoms with Gasteiger partial charge in [0.1, 0.15) is 0 Å². The Morgan fingerprint density at radius 3 is 2.08 bits per heavy atom. The lowest BCUT2D eigenvalue weighted by molar-refractivity contribution is -0.149. The highest BCUT2D eigenvalue weighted by Gasteiger charge is 2.34. The van der Waals surface area contributed by atoms with E-state index in [2.05, 4.69) is 57.3 Å². The molecule has 0 bridgehead atoms. The molecule has 1 atom stereocenters. The summed E-state index contributed by atoms with van der Waals surface area (Å²) in [4.78, 5) is 11.5. The first-order valence-electron chi connectivity index (χ1n) is 9.18. The first kappa shape index (κ1) is 20.7. The largest absolute Gasteiger partial charge is 0.481 e.